The van der Waals surface area contributed by atoms with E-state index < -0.39 is 6.04 Å². The Balaban J connectivity index is 1.27. The number of aromatic amines is 1. The van der Waals surface area contributed by atoms with Gasteiger partial charge in [-0.15, -0.1) is 0 Å². The number of nitrogens with one attached hydrogen (secondary N) is 3. The summed E-state index contributed by atoms with van der Waals surface area (Å²) in [5.74, 6) is 1.29. The van der Waals surface area contributed by atoms with Gasteiger partial charge in [0.2, 0.25) is 11.8 Å². The molecule has 3 atom stereocenters. The van der Waals surface area contributed by atoms with Crippen molar-refractivity contribution in [1.82, 2.24) is 25.3 Å². The maximum Gasteiger partial charge on any atom is 0.247 e. The molecule has 1 unspecified atom stereocenters. The fourth-order valence-electron chi connectivity index (χ4n) is 3.17. The van der Waals surface area contributed by atoms with Gasteiger partial charge in [0.1, 0.15) is 16.5 Å². The second-order valence-electron chi connectivity index (χ2n) is 6.95. The van der Waals surface area contributed by atoms with Crippen molar-refractivity contribution in [2.45, 2.75) is 31.7 Å². The number of rotatable bonds is 6. The molecule has 0 bridgehead atoms. The van der Waals surface area contributed by atoms with Crippen LogP contribution in [0.15, 0.2) is 41.3 Å². The van der Waals surface area contributed by atoms with E-state index in [-0.39, 0.29) is 23.7 Å². The van der Waals surface area contributed by atoms with Gasteiger partial charge in [-0.25, -0.2) is 15.0 Å². The maximum atomic E-state index is 12.3. The first-order valence-electron chi connectivity index (χ1n) is 9.02. The molecule has 0 radical (unpaired) electrons. The highest BCUT2D eigenvalue weighted by molar-refractivity contribution is 9.10. The molecule has 0 saturated heterocycles. The average molecular weight is 443 g/mol. The van der Waals surface area contributed by atoms with Gasteiger partial charge in [0.15, 0.2) is 5.82 Å². The minimum Gasteiger partial charge on any atom is -0.345 e. The van der Waals surface area contributed by atoms with Crippen LogP contribution in [0.25, 0.3) is 11.0 Å². The monoisotopic (exact) mass is 442 g/mol. The quantitative estimate of drug-likeness (QED) is 0.543. The van der Waals surface area contributed by atoms with Gasteiger partial charge in [-0.3, -0.25) is 9.59 Å². The fourth-order valence-corrected chi connectivity index (χ4v) is 3.38. The van der Waals surface area contributed by atoms with Crippen LogP contribution in [0.2, 0.25) is 0 Å². The van der Waals surface area contributed by atoms with Crippen molar-refractivity contribution >= 4 is 44.6 Å². The topological polar surface area (TPSA) is 113 Å². The number of hydrogen-bond donors (Lipinski definition) is 3. The Morgan fingerprint density at radius 2 is 2.11 bits per heavy atom. The minimum atomic E-state index is -0.665. The van der Waals surface area contributed by atoms with Crippen molar-refractivity contribution in [2.24, 2.45) is 5.92 Å². The molecule has 8 nitrogen and oxygen atoms in total. The lowest BCUT2D eigenvalue weighted by Crippen LogP contribution is -2.41. The number of H-pyrrole nitrogens is 1. The third-order valence-corrected chi connectivity index (χ3v) is 5.18. The first kappa shape index (κ1) is 18.5. The summed E-state index contributed by atoms with van der Waals surface area (Å²) in [6.07, 6.45) is 4.22. The number of benzene rings is 1. The minimum absolute atomic E-state index is 0.145. The maximum absolute atomic E-state index is 12.3. The van der Waals surface area contributed by atoms with Gasteiger partial charge in [-0.2, -0.15) is 0 Å². The number of nitrogens with zero attached hydrogens (tertiary/aromatic N) is 3. The number of para-hydroxylation sites is 2. The smallest absolute Gasteiger partial charge is 0.247 e. The van der Waals surface area contributed by atoms with Crippen LogP contribution in [0, 0.1) is 5.92 Å². The van der Waals surface area contributed by atoms with Crippen LogP contribution in [-0.2, 0) is 9.59 Å². The van der Waals surface area contributed by atoms with Crippen molar-refractivity contribution in [2.75, 3.05) is 5.32 Å². The van der Waals surface area contributed by atoms with Crippen molar-refractivity contribution < 1.29 is 9.59 Å². The molecule has 9 heteroatoms. The molecule has 4 rings (SSSR count). The first-order chi connectivity index (χ1) is 13.5. The van der Waals surface area contributed by atoms with Gasteiger partial charge in [-0.05, 0) is 47.3 Å². The molecule has 3 aromatic rings. The van der Waals surface area contributed by atoms with Crippen LogP contribution in [-0.4, -0.2) is 37.8 Å². The Hall–Kier alpha value is -2.81. The second-order valence-corrected chi connectivity index (χ2v) is 7.76. The summed E-state index contributed by atoms with van der Waals surface area (Å²) < 4.78 is 0.579. The summed E-state index contributed by atoms with van der Waals surface area (Å²) in [5.41, 5.74) is 1.95. The summed E-state index contributed by atoms with van der Waals surface area (Å²) in [5, 5.41) is 5.37. The van der Waals surface area contributed by atoms with E-state index in [2.05, 4.69) is 46.5 Å². The molecular weight excluding hydrogens is 424 g/mol. The molecule has 2 aromatic heterocycles. The van der Waals surface area contributed by atoms with E-state index >= 15 is 0 Å². The number of fused-ring (bicyclic) bond motifs is 1. The van der Waals surface area contributed by atoms with Crippen molar-refractivity contribution in [3.8, 4) is 0 Å². The first-order valence-corrected chi connectivity index (χ1v) is 9.81. The Bertz CT molecular complexity index is 986. The molecule has 2 heterocycles. The van der Waals surface area contributed by atoms with Crippen LogP contribution in [0.1, 0.15) is 31.5 Å². The fraction of sp³-hybridized carbons (Fsp3) is 0.316. The van der Waals surface area contributed by atoms with E-state index in [9.17, 15) is 9.59 Å². The summed E-state index contributed by atoms with van der Waals surface area (Å²) in [6.45, 7) is 1.64. The predicted molar refractivity (Wildman–Crippen MR) is 108 cm³/mol. The Morgan fingerprint density at radius 1 is 1.29 bits per heavy atom. The number of carbonyl (C=O) groups is 2. The van der Waals surface area contributed by atoms with Gasteiger partial charge >= 0.3 is 0 Å². The number of imidazole rings is 1. The van der Waals surface area contributed by atoms with E-state index in [0.717, 1.165) is 23.3 Å². The Labute approximate surface area is 169 Å². The molecule has 0 aliphatic heterocycles. The zero-order valence-electron chi connectivity index (χ0n) is 15.1. The molecule has 0 spiro atoms. The zero-order valence-corrected chi connectivity index (χ0v) is 16.7. The lowest BCUT2D eigenvalue weighted by molar-refractivity contribution is -0.126. The van der Waals surface area contributed by atoms with Gasteiger partial charge < -0.3 is 15.6 Å². The van der Waals surface area contributed by atoms with Crippen LogP contribution in [0.4, 0.5) is 5.82 Å². The summed E-state index contributed by atoms with van der Waals surface area (Å²) >= 11 is 3.18. The Morgan fingerprint density at radius 3 is 2.86 bits per heavy atom. The number of aromatic nitrogens is 4. The van der Waals surface area contributed by atoms with E-state index in [4.69, 9.17) is 0 Å². The third kappa shape index (κ3) is 4.19. The molecule has 2 amide bonds. The van der Waals surface area contributed by atoms with E-state index in [1.165, 1.54) is 12.4 Å². The standard InChI is InChI=1S/C19H19BrN6O2/c1-10(19(28)26-16-9-21-15(20)8-22-16)23-17(27)7-11-6-12(11)18-24-13-4-2-3-5-14(13)25-18/h2-5,8-12H,6-7H2,1H3,(H,23,27)(H,24,25)(H,22,26,28)/t10?,11-,12+/m0/s1. The molecule has 1 saturated carbocycles. The normalized spacial score (nSPS) is 19.2. The summed E-state index contributed by atoms with van der Waals surface area (Å²) in [7, 11) is 0. The highest BCUT2D eigenvalue weighted by Crippen LogP contribution is 2.48. The lowest BCUT2D eigenvalue weighted by atomic mass is 10.2. The highest BCUT2D eigenvalue weighted by atomic mass is 79.9. The second kappa shape index (κ2) is 7.67. The van der Waals surface area contributed by atoms with Crippen LogP contribution in [0.5, 0.6) is 0 Å². The number of halogens is 1. The van der Waals surface area contributed by atoms with Gasteiger partial charge in [0.05, 0.1) is 23.4 Å². The average Bonchev–Trinajstić information content (AvgIpc) is 3.29. The summed E-state index contributed by atoms with van der Waals surface area (Å²) in [4.78, 5) is 40.5. The van der Waals surface area contributed by atoms with Gasteiger partial charge in [0, 0.05) is 12.3 Å². The molecule has 1 fully saturated rings. The largest absolute Gasteiger partial charge is 0.345 e. The van der Waals surface area contributed by atoms with Crippen LogP contribution < -0.4 is 10.6 Å². The predicted octanol–water partition coefficient (Wildman–Crippen LogP) is 2.75. The number of anilines is 1. The van der Waals surface area contributed by atoms with Crippen molar-refractivity contribution in [3.63, 3.8) is 0 Å². The SMILES string of the molecule is CC(NC(=O)C[C@@H]1C[C@H]1c1nc2ccccc2[nH]1)C(=O)Nc1cnc(Br)cn1. The van der Waals surface area contributed by atoms with Crippen molar-refractivity contribution in [3.05, 3.63) is 47.1 Å². The molecule has 144 valence electrons. The summed E-state index contributed by atoms with van der Waals surface area (Å²) in [6, 6.07) is 7.22. The number of amides is 2. The van der Waals surface area contributed by atoms with Crippen molar-refractivity contribution in [1.29, 1.82) is 0 Å². The Kier molecular flexibility index (Phi) is 5.08. The van der Waals surface area contributed by atoms with Crippen LogP contribution in [0.3, 0.4) is 0 Å². The molecule has 3 N–H and O–H groups in total. The third-order valence-electron chi connectivity index (χ3n) is 4.77. The zero-order chi connectivity index (χ0) is 19.7. The number of hydrogen-bond acceptors (Lipinski definition) is 5. The van der Waals surface area contributed by atoms with E-state index in [1.807, 2.05) is 24.3 Å². The van der Waals surface area contributed by atoms with E-state index in [0.29, 0.717) is 16.8 Å². The van der Waals surface area contributed by atoms with Gasteiger partial charge in [0.25, 0.3) is 0 Å². The molecule has 1 aliphatic rings. The van der Waals surface area contributed by atoms with E-state index in [1.54, 1.807) is 6.92 Å². The molecular formula is C19H19BrN6O2. The van der Waals surface area contributed by atoms with Gasteiger partial charge in [-0.1, -0.05) is 12.1 Å². The lowest BCUT2D eigenvalue weighted by Gasteiger charge is -2.13. The highest BCUT2D eigenvalue weighted by Gasteiger charge is 2.42. The van der Waals surface area contributed by atoms with Crippen LogP contribution >= 0.6 is 15.9 Å². The molecule has 28 heavy (non-hydrogen) atoms. The number of carbonyl (C=O) groups excluding carboxylic acids is 2. The molecule has 1 aliphatic carbocycles. The molecule has 1 aromatic carbocycles.